The third kappa shape index (κ3) is 38.1. The summed E-state index contributed by atoms with van der Waals surface area (Å²) in [5.41, 5.74) is 0. The van der Waals surface area contributed by atoms with Crippen LogP contribution in [0, 0.1) is 0 Å². The molecule has 0 heterocycles. The summed E-state index contributed by atoms with van der Waals surface area (Å²) in [6.45, 7) is 5.85. The third-order valence-electron chi connectivity index (χ3n) is 9.49. The van der Waals surface area contributed by atoms with Gasteiger partial charge in [0.1, 0.15) is 6.54 Å². The molecule has 296 valence electrons. The minimum Gasteiger partial charge on any atom is -1.00 e. The maximum atomic E-state index is 12.7. The molecule has 0 aromatic carbocycles. The van der Waals surface area contributed by atoms with E-state index in [9.17, 15) is 14.7 Å². The van der Waals surface area contributed by atoms with Gasteiger partial charge in [-0.15, -0.1) is 0 Å². The van der Waals surface area contributed by atoms with Crippen LogP contribution >= 0.6 is 0 Å². The minimum absolute atomic E-state index is 0. The summed E-state index contributed by atoms with van der Waals surface area (Å²) >= 11 is 0. The van der Waals surface area contributed by atoms with Gasteiger partial charge in [0.2, 0.25) is 0 Å². The predicted octanol–water partition coefficient (Wildman–Crippen LogP) is 8.94. The Morgan fingerprint density at radius 3 is 1.18 bits per heavy atom. The number of hydrogen-bond acceptors (Lipinski definition) is 5. The standard InChI is InChI=1S/C43H82NO5.BrH/c1-5-7-9-11-13-15-17-19-21-23-25-27-29-31-33-35-41(46)48-43(37-38-44(3,4)39-40-45)49-42(47)36-34-32-30-28-26-24-22-20-18-16-14-12-10-8-6-2;/h19-22,43,45H,5-18,23-40H2,1-4H3;1H/q+1;/p-1/b21-19-,22-20-;. The molecule has 0 saturated carbocycles. The number of unbranched alkanes of at least 4 members (excludes halogenated alkanes) is 22. The highest BCUT2D eigenvalue weighted by molar-refractivity contribution is 5.71. The molecule has 0 amide bonds. The zero-order valence-electron chi connectivity index (χ0n) is 33.4. The SMILES string of the molecule is CCCCCCCC/C=C\CCCCCCCC(=O)OC(CC[N+](C)(C)CCO)OC(=O)CCCCCCC/C=C\CCCCCCCC.[Br-]. The van der Waals surface area contributed by atoms with E-state index in [0.29, 0.717) is 36.8 Å². The second-order valence-corrected chi connectivity index (χ2v) is 15.0. The highest BCUT2D eigenvalue weighted by Gasteiger charge is 2.24. The number of rotatable bonds is 37. The van der Waals surface area contributed by atoms with Crippen LogP contribution in [0.15, 0.2) is 24.3 Å². The zero-order valence-corrected chi connectivity index (χ0v) is 35.0. The Morgan fingerprint density at radius 2 is 0.840 bits per heavy atom. The number of likely N-dealkylation sites (N-methyl/N-ethyl adjacent to an activating group) is 1. The van der Waals surface area contributed by atoms with Crippen LogP contribution in [0.5, 0.6) is 0 Å². The molecular weight excluding hydrogens is 690 g/mol. The van der Waals surface area contributed by atoms with Gasteiger partial charge in [0.05, 0.1) is 33.7 Å². The number of nitrogens with zero attached hydrogens (tertiary/aromatic N) is 1. The molecule has 0 spiro atoms. The maximum Gasteiger partial charge on any atom is 0.308 e. The number of quaternary nitrogens is 1. The molecule has 0 aliphatic heterocycles. The fraction of sp³-hybridized carbons (Fsp3) is 0.860. The first-order valence-electron chi connectivity index (χ1n) is 21.0. The summed E-state index contributed by atoms with van der Waals surface area (Å²) in [7, 11) is 4.04. The van der Waals surface area contributed by atoms with Gasteiger partial charge in [0, 0.05) is 12.8 Å². The average Bonchev–Trinajstić information content (AvgIpc) is 3.07. The van der Waals surface area contributed by atoms with E-state index in [2.05, 4.69) is 38.2 Å². The Kier molecular flexibility index (Phi) is 39.8. The molecule has 0 fully saturated rings. The Hall–Kier alpha value is -1.18. The molecule has 0 radical (unpaired) electrons. The molecule has 0 aromatic rings. The molecule has 7 heteroatoms. The Bertz CT molecular complexity index is 746. The lowest BCUT2D eigenvalue weighted by Crippen LogP contribution is -3.00. The summed E-state index contributed by atoms with van der Waals surface area (Å²) in [4.78, 5) is 25.3. The van der Waals surface area contributed by atoms with Crippen LogP contribution < -0.4 is 17.0 Å². The molecule has 0 unspecified atom stereocenters. The van der Waals surface area contributed by atoms with Gasteiger partial charge in [-0.05, 0) is 64.2 Å². The van der Waals surface area contributed by atoms with Crippen molar-refractivity contribution in [1.29, 1.82) is 0 Å². The van der Waals surface area contributed by atoms with Crippen LogP contribution in [-0.4, -0.2) is 61.6 Å². The summed E-state index contributed by atoms with van der Waals surface area (Å²) in [6, 6.07) is 0. The highest BCUT2D eigenvalue weighted by atomic mass is 79.9. The monoisotopic (exact) mass is 772 g/mol. The van der Waals surface area contributed by atoms with Gasteiger partial charge in [-0.25, -0.2) is 0 Å². The van der Waals surface area contributed by atoms with Crippen molar-refractivity contribution >= 4 is 11.9 Å². The second-order valence-electron chi connectivity index (χ2n) is 15.0. The van der Waals surface area contributed by atoms with Gasteiger partial charge in [0.15, 0.2) is 0 Å². The number of esters is 2. The van der Waals surface area contributed by atoms with E-state index in [4.69, 9.17) is 9.47 Å². The topological polar surface area (TPSA) is 72.8 Å². The van der Waals surface area contributed by atoms with E-state index in [1.807, 2.05) is 14.1 Å². The number of carbonyl (C=O) groups excluding carboxylic acids is 2. The molecule has 1 N–H and O–H groups in total. The van der Waals surface area contributed by atoms with Gasteiger partial charge < -0.3 is 36.0 Å². The van der Waals surface area contributed by atoms with E-state index in [1.165, 1.54) is 116 Å². The molecule has 0 atom stereocenters. The summed E-state index contributed by atoms with van der Waals surface area (Å²) in [5, 5.41) is 9.39. The summed E-state index contributed by atoms with van der Waals surface area (Å²) < 4.78 is 11.9. The van der Waals surface area contributed by atoms with Crippen LogP contribution in [0.2, 0.25) is 0 Å². The minimum atomic E-state index is -0.859. The number of hydrogen-bond donors (Lipinski definition) is 1. The van der Waals surface area contributed by atoms with E-state index in [1.54, 1.807) is 0 Å². The van der Waals surface area contributed by atoms with Crippen molar-refractivity contribution in [2.45, 2.75) is 206 Å². The van der Waals surface area contributed by atoms with Crippen molar-refractivity contribution in [3.63, 3.8) is 0 Å². The Balaban J connectivity index is 0. The average molecular weight is 773 g/mol. The molecule has 0 aliphatic rings. The Morgan fingerprint density at radius 1 is 0.520 bits per heavy atom. The highest BCUT2D eigenvalue weighted by Crippen LogP contribution is 2.15. The van der Waals surface area contributed by atoms with Gasteiger partial charge in [-0.3, -0.25) is 9.59 Å². The number of carbonyl (C=O) groups is 2. The molecule has 0 rings (SSSR count). The molecule has 0 saturated heterocycles. The zero-order chi connectivity index (χ0) is 36.1. The van der Waals surface area contributed by atoms with E-state index < -0.39 is 6.29 Å². The lowest BCUT2D eigenvalue weighted by Gasteiger charge is -2.30. The number of ether oxygens (including phenoxy) is 2. The molecular formula is C43H82BrNO5. The number of halogens is 1. The van der Waals surface area contributed by atoms with Crippen molar-refractivity contribution in [2.75, 3.05) is 33.8 Å². The smallest absolute Gasteiger partial charge is 0.308 e. The maximum absolute atomic E-state index is 12.7. The quantitative estimate of drug-likeness (QED) is 0.0225. The normalized spacial score (nSPS) is 11.9. The lowest BCUT2D eigenvalue weighted by molar-refractivity contribution is -0.891. The summed E-state index contributed by atoms with van der Waals surface area (Å²) in [6.07, 6.45) is 41.2. The first kappa shape index (κ1) is 50.9. The number of aliphatic hydroxyl groups excluding tert-OH is 1. The second kappa shape index (κ2) is 39.0. The van der Waals surface area contributed by atoms with Gasteiger partial charge in [-0.2, -0.15) is 0 Å². The van der Waals surface area contributed by atoms with E-state index in [-0.39, 0.29) is 35.5 Å². The first-order chi connectivity index (χ1) is 23.8. The molecule has 0 aliphatic carbocycles. The predicted molar refractivity (Wildman–Crippen MR) is 208 cm³/mol. The Labute approximate surface area is 321 Å². The van der Waals surface area contributed by atoms with Crippen molar-refractivity contribution in [3.05, 3.63) is 24.3 Å². The van der Waals surface area contributed by atoms with E-state index >= 15 is 0 Å². The van der Waals surface area contributed by atoms with Crippen molar-refractivity contribution in [2.24, 2.45) is 0 Å². The van der Waals surface area contributed by atoms with Crippen molar-refractivity contribution in [3.8, 4) is 0 Å². The lowest BCUT2D eigenvalue weighted by atomic mass is 10.1. The fourth-order valence-corrected chi connectivity index (χ4v) is 6.07. The van der Waals surface area contributed by atoms with Crippen molar-refractivity contribution < 1.29 is 45.6 Å². The molecule has 6 nitrogen and oxygen atoms in total. The first-order valence-corrected chi connectivity index (χ1v) is 21.0. The molecule has 50 heavy (non-hydrogen) atoms. The third-order valence-corrected chi connectivity index (χ3v) is 9.49. The van der Waals surface area contributed by atoms with E-state index in [0.717, 1.165) is 51.4 Å². The summed E-state index contributed by atoms with van der Waals surface area (Å²) in [5.74, 6) is -0.576. The van der Waals surface area contributed by atoms with Crippen LogP contribution in [0.1, 0.15) is 200 Å². The number of allylic oxidation sites excluding steroid dienone is 4. The van der Waals surface area contributed by atoms with Gasteiger partial charge >= 0.3 is 11.9 Å². The van der Waals surface area contributed by atoms with Crippen LogP contribution in [-0.2, 0) is 19.1 Å². The van der Waals surface area contributed by atoms with Gasteiger partial charge in [-0.1, -0.05) is 141 Å². The largest absolute Gasteiger partial charge is 1.00 e. The molecule has 0 aromatic heterocycles. The van der Waals surface area contributed by atoms with Crippen LogP contribution in [0.3, 0.4) is 0 Å². The fourth-order valence-electron chi connectivity index (χ4n) is 6.07. The number of aliphatic hydroxyl groups is 1. The van der Waals surface area contributed by atoms with Crippen molar-refractivity contribution in [1.82, 2.24) is 0 Å². The van der Waals surface area contributed by atoms with Gasteiger partial charge in [0.25, 0.3) is 6.29 Å². The molecule has 0 bridgehead atoms. The van der Waals surface area contributed by atoms with Crippen LogP contribution in [0.4, 0.5) is 0 Å². The van der Waals surface area contributed by atoms with Crippen LogP contribution in [0.25, 0.3) is 0 Å².